The Balaban J connectivity index is 1.69. The van der Waals surface area contributed by atoms with Crippen LogP contribution in [0.15, 0.2) is 28.6 Å². The minimum absolute atomic E-state index is 0.00389. The molecule has 7 heteroatoms. The first kappa shape index (κ1) is 17.4. The number of piperidine rings is 1. The fourth-order valence-electron chi connectivity index (χ4n) is 3.55. The number of nitrogens with zero attached hydrogens (tertiary/aromatic N) is 3. The van der Waals surface area contributed by atoms with Crippen molar-refractivity contribution >= 4 is 38.8 Å². The Morgan fingerprint density at radius 2 is 2.19 bits per heavy atom. The Bertz CT molecular complexity index is 1020. The second-order valence-corrected chi connectivity index (χ2v) is 9.00. The van der Waals surface area contributed by atoms with Crippen molar-refractivity contribution in [2.45, 2.75) is 45.7 Å². The van der Waals surface area contributed by atoms with Crippen molar-refractivity contribution in [2.75, 3.05) is 6.54 Å². The molecular formula is C19H21N3O2S2. The highest BCUT2D eigenvalue weighted by atomic mass is 32.1. The van der Waals surface area contributed by atoms with E-state index in [0.717, 1.165) is 41.1 Å². The lowest BCUT2D eigenvalue weighted by molar-refractivity contribution is -0.135. The lowest BCUT2D eigenvalue weighted by atomic mass is 10.0. The first-order valence-corrected chi connectivity index (χ1v) is 10.6. The van der Waals surface area contributed by atoms with Gasteiger partial charge in [-0.25, -0.2) is 4.98 Å². The summed E-state index contributed by atoms with van der Waals surface area (Å²) >= 11 is 3.14. The van der Waals surface area contributed by atoms with Crippen LogP contribution in [0.2, 0.25) is 0 Å². The molecule has 0 aliphatic carbocycles. The molecule has 0 saturated carbocycles. The molecule has 0 bridgehead atoms. The number of carbonyl (C=O) groups is 1. The van der Waals surface area contributed by atoms with E-state index in [-0.39, 0.29) is 24.1 Å². The first-order chi connectivity index (χ1) is 12.5. The van der Waals surface area contributed by atoms with E-state index in [2.05, 4.69) is 24.9 Å². The van der Waals surface area contributed by atoms with Gasteiger partial charge in [-0.15, -0.1) is 22.7 Å². The molecule has 1 aliphatic heterocycles. The van der Waals surface area contributed by atoms with Crippen LogP contribution in [0, 0.1) is 6.92 Å². The predicted octanol–water partition coefficient (Wildman–Crippen LogP) is 3.90. The van der Waals surface area contributed by atoms with Gasteiger partial charge in [-0.05, 0) is 45.2 Å². The van der Waals surface area contributed by atoms with E-state index in [1.165, 1.54) is 27.1 Å². The summed E-state index contributed by atoms with van der Waals surface area (Å²) in [6.07, 6.45) is 4.74. The third kappa shape index (κ3) is 3.10. The second kappa shape index (κ2) is 6.96. The molecule has 3 aromatic heterocycles. The van der Waals surface area contributed by atoms with E-state index in [0.29, 0.717) is 5.39 Å². The van der Waals surface area contributed by atoms with Crippen LogP contribution in [-0.4, -0.2) is 32.9 Å². The van der Waals surface area contributed by atoms with Crippen molar-refractivity contribution in [3.8, 4) is 10.4 Å². The fourth-order valence-corrected chi connectivity index (χ4v) is 5.41. The number of amides is 1. The number of aryl methyl sites for hydroxylation is 1. The maximum atomic E-state index is 13.1. The van der Waals surface area contributed by atoms with Gasteiger partial charge in [-0.1, -0.05) is 0 Å². The molecule has 0 aromatic carbocycles. The average molecular weight is 388 g/mol. The van der Waals surface area contributed by atoms with Gasteiger partial charge in [0, 0.05) is 33.3 Å². The topological polar surface area (TPSA) is 55.2 Å². The zero-order chi connectivity index (χ0) is 18.3. The number of rotatable bonds is 3. The number of thiophene rings is 2. The van der Waals surface area contributed by atoms with Gasteiger partial charge in [-0.2, -0.15) is 0 Å². The van der Waals surface area contributed by atoms with Crippen molar-refractivity contribution < 1.29 is 4.79 Å². The molecule has 1 fully saturated rings. The van der Waals surface area contributed by atoms with Crippen LogP contribution < -0.4 is 5.56 Å². The summed E-state index contributed by atoms with van der Waals surface area (Å²) in [5, 5.41) is 2.61. The van der Waals surface area contributed by atoms with Gasteiger partial charge < -0.3 is 4.90 Å². The molecule has 4 rings (SSSR count). The summed E-state index contributed by atoms with van der Waals surface area (Å²) in [6.45, 7) is 4.97. The minimum atomic E-state index is -0.129. The lowest BCUT2D eigenvalue weighted by Crippen LogP contribution is -2.44. The molecule has 5 nitrogen and oxygen atoms in total. The lowest BCUT2D eigenvalue weighted by Gasteiger charge is -2.33. The number of hydrogen-bond acceptors (Lipinski definition) is 5. The molecule has 3 aromatic rings. The van der Waals surface area contributed by atoms with Crippen LogP contribution in [0.3, 0.4) is 0 Å². The van der Waals surface area contributed by atoms with Crippen LogP contribution in [0.4, 0.5) is 0 Å². The smallest absolute Gasteiger partial charge is 0.263 e. The summed E-state index contributed by atoms with van der Waals surface area (Å²) in [7, 11) is 0. The predicted molar refractivity (Wildman–Crippen MR) is 107 cm³/mol. The van der Waals surface area contributed by atoms with Crippen molar-refractivity contribution in [3.63, 3.8) is 0 Å². The average Bonchev–Trinajstić information content (AvgIpc) is 3.24. The maximum Gasteiger partial charge on any atom is 0.263 e. The summed E-state index contributed by atoms with van der Waals surface area (Å²) < 4.78 is 1.46. The molecule has 0 spiro atoms. The van der Waals surface area contributed by atoms with Crippen molar-refractivity contribution in [3.05, 3.63) is 39.1 Å². The van der Waals surface area contributed by atoms with Gasteiger partial charge in [0.2, 0.25) is 5.91 Å². The van der Waals surface area contributed by atoms with Crippen LogP contribution in [-0.2, 0) is 11.3 Å². The van der Waals surface area contributed by atoms with Crippen LogP contribution in [0.1, 0.15) is 31.1 Å². The summed E-state index contributed by atoms with van der Waals surface area (Å²) in [4.78, 5) is 35.1. The minimum Gasteiger partial charge on any atom is -0.338 e. The van der Waals surface area contributed by atoms with Gasteiger partial charge in [0.25, 0.3) is 5.56 Å². The number of aromatic nitrogens is 2. The van der Waals surface area contributed by atoms with Gasteiger partial charge >= 0.3 is 0 Å². The Morgan fingerprint density at radius 1 is 1.35 bits per heavy atom. The summed E-state index contributed by atoms with van der Waals surface area (Å²) in [6, 6.07) is 4.34. The Morgan fingerprint density at radius 3 is 2.92 bits per heavy atom. The molecule has 1 saturated heterocycles. The van der Waals surface area contributed by atoms with E-state index in [4.69, 9.17) is 0 Å². The van der Waals surface area contributed by atoms with Crippen molar-refractivity contribution in [2.24, 2.45) is 0 Å². The molecule has 4 heterocycles. The van der Waals surface area contributed by atoms with Gasteiger partial charge in [0.15, 0.2) is 0 Å². The number of carbonyl (C=O) groups excluding carboxylic acids is 1. The fraction of sp³-hybridized carbons (Fsp3) is 0.421. The van der Waals surface area contributed by atoms with Gasteiger partial charge in [-0.3, -0.25) is 14.2 Å². The van der Waals surface area contributed by atoms with Gasteiger partial charge in [0.1, 0.15) is 11.4 Å². The molecular weight excluding hydrogens is 366 g/mol. The third-order valence-corrected chi connectivity index (χ3v) is 6.92. The first-order valence-electron chi connectivity index (χ1n) is 8.87. The summed E-state index contributed by atoms with van der Waals surface area (Å²) in [5.74, 6) is 0.00389. The van der Waals surface area contributed by atoms with Crippen molar-refractivity contribution in [1.82, 2.24) is 14.5 Å². The number of fused-ring (bicyclic) bond motifs is 1. The highest BCUT2D eigenvalue weighted by Crippen LogP contribution is 2.34. The Kier molecular flexibility index (Phi) is 4.67. The van der Waals surface area contributed by atoms with Gasteiger partial charge in [0.05, 0.1) is 11.7 Å². The molecule has 1 atom stereocenters. The number of hydrogen-bond donors (Lipinski definition) is 0. The normalized spacial score (nSPS) is 17.8. The molecule has 0 N–H and O–H groups in total. The molecule has 0 radical (unpaired) electrons. The maximum absolute atomic E-state index is 13.1. The highest BCUT2D eigenvalue weighted by Gasteiger charge is 2.24. The molecule has 26 heavy (non-hydrogen) atoms. The van der Waals surface area contributed by atoms with E-state index in [1.807, 2.05) is 16.3 Å². The zero-order valence-electron chi connectivity index (χ0n) is 14.9. The summed E-state index contributed by atoms with van der Waals surface area (Å²) in [5.41, 5.74) is 0.795. The SMILES string of the molecule is Cc1ccc(-c2csc3ncn(CC(=O)N4CCCC[C@H]4C)c(=O)c23)s1. The second-order valence-electron chi connectivity index (χ2n) is 6.85. The van der Waals surface area contributed by atoms with Crippen molar-refractivity contribution in [1.29, 1.82) is 0 Å². The third-order valence-electron chi connectivity index (χ3n) is 5.00. The standard InChI is InChI=1S/C19H21N3O2S2/c1-12-5-3-4-8-22(12)16(23)9-21-11-20-18-17(19(21)24)14(10-25-18)15-7-6-13(2)26-15/h6-7,10-12H,3-5,8-9H2,1-2H3/t12-/m1/s1. The van der Waals surface area contributed by atoms with Crippen LogP contribution >= 0.6 is 22.7 Å². The Hall–Kier alpha value is -1.99. The van der Waals surface area contributed by atoms with E-state index < -0.39 is 0 Å². The zero-order valence-corrected chi connectivity index (χ0v) is 16.5. The molecule has 1 aliphatic rings. The Labute approximate surface area is 159 Å². The van der Waals surface area contributed by atoms with E-state index in [9.17, 15) is 9.59 Å². The highest BCUT2D eigenvalue weighted by molar-refractivity contribution is 7.19. The van der Waals surface area contributed by atoms with Crippen LogP contribution in [0.5, 0.6) is 0 Å². The monoisotopic (exact) mass is 387 g/mol. The van der Waals surface area contributed by atoms with E-state index >= 15 is 0 Å². The largest absolute Gasteiger partial charge is 0.338 e. The van der Waals surface area contributed by atoms with Crippen LogP contribution in [0.25, 0.3) is 20.7 Å². The molecule has 0 unspecified atom stereocenters. The molecule has 1 amide bonds. The van der Waals surface area contributed by atoms with E-state index in [1.54, 1.807) is 11.3 Å². The quantitative estimate of drug-likeness (QED) is 0.685. The molecule has 136 valence electrons. The number of likely N-dealkylation sites (tertiary alicyclic amines) is 1.